The van der Waals surface area contributed by atoms with E-state index in [0.29, 0.717) is 5.92 Å². The lowest BCUT2D eigenvalue weighted by Crippen LogP contribution is -2.07. The van der Waals surface area contributed by atoms with Gasteiger partial charge in [0.15, 0.2) is 10.9 Å². The first-order chi connectivity index (χ1) is 6.54. The SMILES string of the molecule is BC(=O)Nc1nc(CC)c(C(C)C)s1. The number of rotatable bonds is 3. The van der Waals surface area contributed by atoms with Crippen LogP contribution in [-0.2, 0) is 6.42 Å². The fourth-order valence-electron chi connectivity index (χ4n) is 1.27. The Labute approximate surface area is 89.3 Å². The second-order valence-corrected chi connectivity index (χ2v) is 4.55. The van der Waals surface area contributed by atoms with Gasteiger partial charge in [0.2, 0.25) is 7.85 Å². The van der Waals surface area contributed by atoms with Crippen molar-refractivity contribution in [2.45, 2.75) is 33.1 Å². The van der Waals surface area contributed by atoms with Crippen LogP contribution in [0.1, 0.15) is 37.3 Å². The van der Waals surface area contributed by atoms with Gasteiger partial charge in [-0.2, -0.15) is 0 Å². The third-order valence-electron chi connectivity index (χ3n) is 1.87. The largest absolute Gasteiger partial charge is 0.311 e. The zero-order chi connectivity index (χ0) is 10.7. The minimum atomic E-state index is -0.0586. The standard InChI is InChI=1S/C9H15BN2OS/c1-4-6-7(5(2)3)14-9(11-6)12-8(10)13/h5H,4,10H2,1-3H3,(H,11,12,13). The lowest BCUT2D eigenvalue weighted by Gasteiger charge is -2.01. The molecule has 0 bridgehead atoms. The summed E-state index contributed by atoms with van der Waals surface area (Å²) in [5, 5.41) is 3.44. The first-order valence-corrected chi connectivity index (χ1v) is 5.63. The van der Waals surface area contributed by atoms with Crippen molar-refractivity contribution in [1.82, 2.24) is 4.98 Å². The molecule has 1 heterocycles. The van der Waals surface area contributed by atoms with Crippen molar-refractivity contribution in [2.24, 2.45) is 0 Å². The maximum absolute atomic E-state index is 10.8. The van der Waals surface area contributed by atoms with E-state index in [1.165, 1.54) is 12.7 Å². The minimum absolute atomic E-state index is 0.0586. The average Bonchev–Trinajstić information content (AvgIpc) is 2.46. The molecular formula is C9H15BN2OS. The van der Waals surface area contributed by atoms with Crippen molar-refractivity contribution in [2.75, 3.05) is 5.32 Å². The van der Waals surface area contributed by atoms with Crippen LogP contribution in [0.4, 0.5) is 9.93 Å². The fourth-order valence-corrected chi connectivity index (χ4v) is 2.37. The molecule has 5 heteroatoms. The van der Waals surface area contributed by atoms with E-state index >= 15 is 0 Å². The quantitative estimate of drug-likeness (QED) is 0.775. The second-order valence-electron chi connectivity index (χ2n) is 3.52. The maximum atomic E-state index is 10.8. The van der Waals surface area contributed by atoms with Crippen LogP contribution >= 0.6 is 11.3 Å². The van der Waals surface area contributed by atoms with Gasteiger partial charge in [-0.1, -0.05) is 20.8 Å². The summed E-state index contributed by atoms with van der Waals surface area (Å²) in [6.07, 6.45) is 0.920. The Morgan fingerprint density at radius 2 is 2.29 bits per heavy atom. The van der Waals surface area contributed by atoms with Crippen LogP contribution in [-0.4, -0.2) is 18.6 Å². The molecule has 1 aromatic heterocycles. The van der Waals surface area contributed by atoms with Crippen molar-refractivity contribution in [3.05, 3.63) is 10.6 Å². The summed E-state index contributed by atoms with van der Waals surface area (Å²) in [5.41, 5.74) is 1.11. The van der Waals surface area contributed by atoms with Crippen LogP contribution in [0.2, 0.25) is 0 Å². The molecule has 0 radical (unpaired) electrons. The number of amides is 1. The van der Waals surface area contributed by atoms with Gasteiger partial charge >= 0.3 is 0 Å². The summed E-state index contributed by atoms with van der Waals surface area (Å²) in [4.78, 5) is 16.5. The Hall–Kier alpha value is -0.835. The second kappa shape index (κ2) is 4.60. The average molecular weight is 210 g/mol. The number of anilines is 1. The van der Waals surface area contributed by atoms with Gasteiger partial charge in [0.25, 0.3) is 0 Å². The number of aromatic nitrogens is 1. The van der Waals surface area contributed by atoms with Crippen LogP contribution in [0, 0.1) is 0 Å². The molecular weight excluding hydrogens is 195 g/mol. The van der Waals surface area contributed by atoms with E-state index in [9.17, 15) is 4.79 Å². The summed E-state index contributed by atoms with van der Waals surface area (Å²) in [6, 6.07) is 0. The number of hydrogen-bond donors (Lipinski definition) is 1. The number of nitrogens with zero attached hydrogens (tertiary/aromatic N) is 1. The zero-order valence-corrected chi connectivity index (χ0v) is 9.86. The van der Waals surface area contributed by atoms with E-state index in [1.807, 2.05) is 0 Å². The number of hydrogen-bond acceptors (Lipinski definition) is 3. The van der Waals surface area contributed by atoms with Gasteiger partial charge in [0.1, 0.15) is 0 Å². The van der Waals surface area contributed by atoms with Crippen LogP contribution in [0.5, 0.6) is 0 Å². The Kier molecular flexibility index (Phi) is 3.69. The molecule has 1 aromatic rings. The number of aryl methyl sites for hydroxylation is 1. The van der Waals surface area contributed by atoms with E-state index in [4.69, 9.17) is 0 Å². The number of carbonyl (C=O) groups is 1. The van der Waals surface area contributed by atoms with Gasteiger partial charge in [-0.25, -0.2) is 4.98 Å². The van der Waals surface area contributed by atoms with Crippen molar-refractivity contribution in [1.29, 1.82) is 0 Å². The molecule has 0 aliphatic heterocycles. The van der Waals surface area contributed by atoms with Crippen LogP contribution in [0.25, 0.3) is 0 Å². The molecule has 0 saturated heterocycles. The molecule has 1 N–H and O–H groups in total. The van der Waals surface area contributed by atoms with E-state index in [2.05, 4.69) is 31.1 Å². The monoisotopic (exact) mass is 210 g/mol. The highest BCUT2D eigenvalue weighted by Crippen LogP contribution is 2.29. The first-order valence-electron chi connectivity index (χ1n) is 4.81. The molecule has 0 atom stereocenters. The molecule has 76 valence electrons. The summed E-state index contributed by atoms with van der Waals surface area (Å²) in [7, 11) is 1.50. The molecule has 0 aliphatic carbocycles. The highest BCUT2D eigenvalue weighted by atomic mass is 32.1. The van der Waals surface area contributed by atoms with E-state index in [-0.39, 0.29) is 5.81 Å². The normalized spacial score (nSPS) is 10.6. The maximum Gasteiger partial charge on any atom is 0.216 e. The zero-order valence-electron chi connectivity index (χ0n) is 9.05. The molecule has 14 heavy (non-hydrogen) atoms. The molecule has 0 aliphatic rings. The highest BCUT2D eigenvalue weighted by molar-refractivity contribution is 7.16. The van der Waals surface area contributed by atoms with Gasteiger partial charge in [-0.15, -0.1) is 11.3 Å². The molecule has 1 rings (SSSR count). The predicted octanol–water partition coefficient (Wildman–Crippen LogP) is 1.99. The Balaban J connectivity index is 2.94. The first kappa shape index (κ1) is 11.2. The van der Waals surface area contributed by atoms with E-state index in [0.717, 1.165) is 17.2 Å². The Morgan fingerprint density at radius 1 is 1.64 bits per heavy atom. The molecule has 3 nitrogen and oxygen atoms in total. The Morgan fingerprint density at radius 3 is 2.64 bits per heavy atom. The van der Waals surface area contributed by atoms with Crippen LogP contribution in [0.3, 0.4) is 0 Å². The topological polar surface area (TPSA) is 42.0 Å². The van der Waals surface area contributed by atoms with Gasteiger partial charge in [-0.05, 0) is 12.3 Å². The van der Waals surface area contributed by atoms with Crippen molar-refractivity contribution in [3.63, 3.8) is 0 Å². The summed E-state index contributed by atoms with van der Waals surface area (Å²) >= 11 is 1.58. The fraction of sp³-hybridized carbons (Fsp3) is 0.556. The van der Waals surface area contributed by atoms with Crippen LogP contribution < -0.4 is 5.32 Å². The molecule has 0 saturated carbocycles. The number of nitrogens with one attached hydrogen (secondary N) is 1. The molecule has 0 spiro atoms. The van der Waals surface area contributed by atoms with Crippen LogP contribution in [0.15, 0.2) is 0 Å². The number of carbonyl (C=O) groups excluding carboxylic acids is 1. The third-order valence-corrected chi connectivity index (χ3v) is 3.18. The van der Waals surface area contributed by atoms with Gasteiger partial charge in [0, 0.05) is 4.88 Å². The van der Waals surface area contributed by atoms with Gasteiger partial charge in [-0.3, -0.25) is 4.79 Å². The summed E-state index contributed by atoms with van der Waals surface area (Å²) in [6.45, 7) is 6.37. The minimum Gasteiger partial charge on any atom is -0.311 e. The van der Waals surface area contributed by atoms with Crippen molar-refractivity contribution < 1.29 is 4.79 Å². The van der Waals surface area contributed by atoms with E-state index < -0.39 is 0 Å². The van der Waals surface area contributed by atoms with Crippen molar-refractivity contribution >= 4 is 30.1 Å². The third kappa shape index (κ3) is 2.58. The summed E-state index contributed by atoms with van der Waals surface area (Å²) in [5.74, 6) is 0.418. The number of thiazole rings is 1. The molecule has 1 amide bonds. The lowest BCUT2D eigenvalue weighted by atomic mass is 10.1. The smallest absolute Gasteiger partial charge is 0.216 e. The predicted molar refractivity (Wildman–Crippen MR) is 63.1 cm³/mol. The molecule has 0 aromatic carbocycles. The van der Waals surface area contributed by atoms with Gasteiger partial charge in [0.05, 0.1) is 5.69 Å². The molecule has 0 unspecified atom stereocenters. The Bertz CT molecular complexity index is 336. The highest BCUT2D eigenvalue weighted by Gasteiger charge is 2.12. The molecule has 0 fully saturated rings. The lowest BCUT2D eigenvalue weighted by molar-refractivity contribution is 0.269. The van der Waals surface area contributed by atoms with E-state index in [1.54, 1.807) is 11.3 Å². The van der Waals surface area contributed by atoms with Crippen molar-refractivity contribution in [3.8, 4) is 0 Å². The summed E-state index contributed by atoms with van der Waals surface area (Å²) < 4.78 is 0. The van der Waals surface area contributed by atoms with Gasteiger partial charge < -0.3 is 5.32 Å².